The number of carbonyl (C=O) groups is 2. The van der Waals surface area contributed by atoms with Gasteiger partial charge in [0.25, 0.3) is 0 Å². The highest BCUT2D eigenvalue weighted by Crippen LogP contribution is 2.14. The first-order valence-electron chi connectivity index (χ1n) is 7.35. The molecule has 0 saturated carbocycles. The summed E-state index contributed by atoms with van der Waals surface area (Å²) in [5.41, 5.74) is 4.53. The third-order valence-corrected chi connectivity index (χ3v) is 3.81. The van der Waals surface area contributed by atoms with E-state index in [-0.39, 0.29) is 12.6 Å². The average Bonchev–Trinajstić information content (AvgIpc) is 2.36. The number of hydrogen-bond acceptors (Lipinski definition) is 3. The summed E-state index contributed by atoms with van der Waals surface area (Å²) in [7, 11) is 0. The molecule has 116 valence electrons. The molecule has 1 heterocycles. The van der Waals surface area contributed by atoms with Crippen LogP contribution in [0.5, 0.6) is 0 Å². The molecule has 1 fully saturated rings. The van der Waals surface area contributed by atoms with Crippen LogP contribution >= 0.6 is 0 Å². The maximum absolute atomic E-state index is 11.6. The van der Waals surface area contributed by atoms with E-state index in [1.807, 2.05) is 0 Å². The second-order valence-corrected chi connectivity index (χ2v) is 6.41. The second kappa shape index (κ2) is 7.47. The molecule has 20 heavy (non-hydrogen) atoms. The molecule has 0 radical (unpaired) electrons. The number of nitrogens with zero attached hydrogens (tertiary/aromatic N) is 1. The van der Waals surface area contributed by atoms with Gasteiger partial charge in [-0.2, -0.15) is 0 Å². The number of carbonyl (C=O) groups excluding carboxylic acids is 2. The Balaban J connectivity index is 2.15. The topological polar surface area (TPSA) is 87.5 Å². The normalized spacial score (nSPS) is 20.4. The lowest BCUT2D eigenvalue weighted by atomic mass is 9.93. The van der Waals surface area contributed by atoms with Gasteiger partial charge in [0.2, 0.25) is 5.91 Å². The molecule has 0 aliphatic carbocycles. The molecule has 1 aliphatic rings. The Kier molecular flexibility index (Phi) is 6.26. The number of nitrogens with two attached hydrogens (primary N) is 1. The average molecular weight is 284 g/mol. The molecule has 1 atom stereocenters. The maximum Gasteiger partial charge on any atom is 0.314 e. The predicted molar refractivity (Wildman–Crippen MR) is 79.2 cm³/mol. The number of nitrogens with one attached hydrogen (secondary N) is 2. The fraction of sp³-hybridized carbons (Fsp3) is 0.857. The third-order valence-electron chi connectivity index (χ3n) is 3.81. The Morgan fingerprint density at radius 1 is 1.35 bits per heavy atom. The molecule has 0 aromatic heterocycles. The van der Waals surface area contributed by atoms with E-state index >= 15 is 0 Å². The van der Waals surface area contributed by atoms with E-state index in [4.69, 9.17) is 5.73 Å². The molecule has 0 spiro atoms. The van der Waals surface area contributed by atoms with Gasteiger partial charge in [-0.1, -0.05) is 6.92 Å². The maximum atomic E-state index is 11.6. The molecule has 1 aliphatic heterocycles. The molecule has 0 aromatic rings. The number of amides is 3. The van der Waals surface area contributed by atoms with Crippen molar-refractivity contribution in [2.75, 3.05) is 32.7 Å². The molecule has 0 aromatic carbocycles. The summed E-state index contributed by atoms with van der Waals surface area (Å²) in [5.74, 6) is 0.328. The quantitative estimate of drug-likeness (QED) is 0.665. The Morgan fingerprint density at radius 2 is 2.05 bits per heavy atom. The van der Waals surface area contributed by atoms with Crippen LogP contribution in [0.1, 0.15) is 33.6 Å². The van der Waals surface area contributed by atoms with Crippen molar-refractivity contribution in [3.05, 3.63) is 0 Å². The van der Waals surface area contributed by atoms with Crippen LogP contribution in [0.25, 0.3) is 0 Å². The lowest BCUT2D eigenvalue weighted by Gasteiger charge is -2.30. The van der Waals surface area contributed by atoms with Gasteiger partial charge < -0.3 is 21.3 Å². The Morgan fingerprint density at radius 3 is 2.65 bits per heavy atom. The first-order chi connectivity index (χ1) is 9.31. The van der Waals surface area contributed by atoms with Gasteiger partial charge in [0.15, 0.2) is 0 Å². The summed E-state index contributed by atoms with van der Waals surface area (Å²) in [6, 6.07) is -0.246. The van der Waals surface area contributed by atoms with Crippen LogP contribution in [0.2, 0.25) is 0 Å². The van der Waals surface area contributed by atoms with E-state index in [0.717, 1.165) is 25.6 Å². The molecule has 1 rings (SSSR count). The SMILES string of the molecule is CC1CCCN(CCNC(=O)NCC(C)(C)C(N)=O)C1. The highest BCUT2D eigenvalue weighted by Gasteiger charge is 2.25. The van der Waals surface area contributed by atoms with Crippen molar-refractivity contribution in [1.29, 1.82) is 0 Å². The lowest BCUT2D eigenvalue weighted by molar-refractivity contribution is -0.125. The van der Waals surface area contributed by atoms with Crippen molar-refractivity contribution in [2.24, 2.45) is 17.1 Å². The van der Waals surface area contributed by atoms with Gasteiger partial charge in [-0.05, 0) is 39.2 Å². The van der Waals surface area contributed by atoms with Crippen LogP contribution in [0.15, 0.2) is 0 Å². The van der Waals surface area contributed by atoms with Gasteiger partial charge >= 0.3 is 6.03 Å². The van der Waals surface area contributed by atoms with Gasteiger partial charge in [0.05, 0.1) is 5.41 Å². The number of likely N-dealkylation sites (tertiary alicyclic amines) is 1. The smallest absolute Gasteiger partial charge is 0.314 e. The summed E-state index contributed by atoms with van der Waals surface area (Å²) >= 11 is 0. The number of urea groups is 1. The van der Waals surface area contributed by atoms with E-state index in [1.54, 1.807) is 13.8 Å². The molecule has 0 bridgehead atoms. The van der Waals surface area contributed by atoms with E-state index in [1.165, 1.54) is 12.8 Å². The first-order valence-corrected chi connectivity index (χ1v) is 7.35. The number of rotatable bonds is 6. The standard InChI is InChI=1S/C14H28N4O2/c1-11-5-4-7-18(9-11)8-6-16-13(20)17-10-14(2,3)12(15)19/h11H,4-10H2,1-3H3,(H2,15,19)(H2,16,17,20). The summed E-state index contributed by atoms with van der Waals surface area (Å²) in [6.45, 7) is 9.65. The van der Waals surface area contributed by atoms with Crippen LogP contribution < -0.4 is 16.4 Å². The zero-order valence-electron chi connectivity index (χ0n) is 12.9. The zero-order chi connectivity index (χ0) is 15.2. The van der Waals surface area contributed by atoms with Crippen LogP contribution in [-0.2, 0) is 4.79 Å². The van der Waals surface area contributed by atoms with Crippen molar-refractivity contribution in [3.63, 3.8) is 0 Å². The van der Waals surface area contributed by atoms with Crippen LogP contribution in [0.3, 0.4) is 0 Å². The first kappa shape index (κ1) is 16.8. The monoisotopic (exact) mass is 284 g/mol. The number of hydrogen-bond donors (Lipinski definition) is 3. The number of piperidine rings is 1. The summed E-state index contributed by atoms with van der Waals surface area (Å²) < 4.78 is 0. The van der Waals surface area contributed by atoms with Gasteiger partial charge in [0, 0.05) is 26.2 Å². The third kappa shape index (κ3) is 5.77. The molecule has 3 amide bonds. The van der Waals surface area contributed by atoms with E-state index in [2.05, 4.69) is 22.5 Å². The van der Waals surface area contributed by atoms with Crippen molar-refractivity contribution in [1.82, 2.24) is 15.5 Å². The summed E-state index contributed by atoms with van der Waals surface area (Å²) in [4.78, 5) is 25.1. The van der Waals surface area contributed by atoms with E-state index in [9.17, 15) is 9.59 Å². The Labute approximate surface area is 121 Å². The van der Waals surface area contributed by atoms with Crippen LogP contribution in [0, 0.1) is 11.3 Å². The zero-order valence-corrected chi connectivity index (χ0v) is 12.9. The minimum atomic E-state index is -0.723. The molecular formula is C14H28N4O2. The fourth-order valence-electron chi connectivity index (χ4n) is 2.27. The summed E-state index contributed by atoms with van der Waals surface area (Å²) in [6.07, 6.45) is 2.53. The largest absolute Gasteiger partial charge is 0.369 e. The molecule has 1 unspecified atom stereocenters. The highest BCUT2D eigenvalue weighted by molar-refractivity contribution is 5.81. The minimum Gasteiger partial charge on any atom is -0.369 e. The number of primary amides is 1. The minimum absolute atomic E-state index is 0.245. The Bertz CT molecular complexity index is 344. The van der Waals surface area contributed by atoms with Gasteiger partial charge in [-0.25, -0.2) is 4.79 Å². The summed E-state index contributed by atoms with van der Waals surface area (Å²) in [5, 5.41) is 5.49. The molecule has 6 heteroatoms. The van der Waals surface area contributed by atoms with Crippen molar-refractivity contribution in [3.8, 4) is 0 Å². The molecular weight excluding hydrogens is 256 g/mol. The van der Waals surface area contributed by atoms with Crippen LogP contribution in [-0.4, -0.2) is 49.6 Å². The van der Waals surface area contributed by atoms with Gasteiger partial charge in [-0.15, -0.1) is 0 Å². The molecule has 6 nitrogen and oxygen atoms in total. The molecule has 1 saturated heterocycles. The van der Waals surface area contributed by atoms with Gasteiger partial charge in [0.1, 0.15) is 0 Å². The van der Waals surface area contributed by atoms with Crippen molar-refractivity contribution < 1.29 is 9.59 Å². The van der Waals surface area contributed by atoms with E-state index < -0.39 is 11.3 Å². The lowest BCUT2D eigenvalue weighted by Crippen LogP contribution is -2.47. The fourth-order valence-corrected chi connectivity index (χ4v) is 2.27. The second-order valence-electron chi connectivity index (χ2n) is 6.41. The molecule has 4 N–H and O–H groups in total. The highest BCUT2D eigenvalue weighted by atomic mass is 16.2. The Hall–Kier alpha value is -1.30. The van der Waals surface area contributed by atoms with Crippen LogP contribution in [0.4, 0.5) is 4.79 Å². The van der Waals surface area contributed by atoms with Gasteiger partial charge in [-0.3, -0.25) is 4.79 Å². The van der Waals surface area contributed by atoms with Crippen molar-refractivity contribution >= 4 is 11.9 Å². The van der Waals surface area contributed by atoms with Crippen molar-refractivity contribution in [2.45, 2.75) is 33.6 Å². The van der Waals surface area contributed by atoms with E-state index in [0.29, 0.717) is 6.54 Å². The predicted octanol–water partition coefficient (Wildman–Crippen LogP) is 0.529.